The molecule has 106 valence electrons. The molecule has 3 nitrogen and oxygen atoms in total. The van der Waals surface area contributed by atoms with Crippen molar-refractivity contribution in [3.05, 3.63) is 42.1 Å². The first-order valence-electron chi connectivity index (χ1n) is 7.54. The van der Waals surface area contributed by atoms with Gasteiger partial charge in [-0.05, 0) is 49.9 Å². The predicted molar refractivity (Wildman–Crippen MR) is 83.4 cm³/mol. The lowest BCUT2D eigenvalue weighted by molar-refractivity contribution is 0.155. The maximum absolute atomic E-state index is 6.08. The lowest BCUT2D eigenvalue weighted by Gasteiger charge is -2.34. The number of likely N-dealkylation sites (tertiary alicyclic amines) is 1. The maximum Gasteiger partial charge on any atom is 0.0705 e. The van der Waals surface area contributed by atoms with Crippen molar-refractivity contribution in [3.63, 3.8) is 0 Å². The van der Waals surface area contributed by atoms with Crippen LogP contribution in [0.5, 0.6) is 0 Å². The summed E-state index contributed by atoms with van der Waals surface area (Å²) in [6.07, 6.45) is 4.45. The highest BCUT2D eigenvalue weighted by Gasteiger charge is 2.22. The maximum atomic E-state index is 6.08. The van der Waals surface area contributed by atoms with Crippen LogP contribution in [0, 0.1) is 5.92 Å². The first kappa shape index (κ1) is 13.5. The van der Waals surface area contributed by atoms with Crippen molar-refractivity contribution in [2.24, 2.45) is 11.7 Å². The number of para-hydroxylation sites is 1. The summed E-state index contributed by atoms with van der Waals surface area (Å²) in [6, 6.07) is 10.8. The smallest absolute Gasteiger partial charge is 0.0705 e. The van der Waals surface area contributed by atoms with Gasteiger partial charge in [-0.15, -0.1) is 0 Å². The fourth-order valence-corrected chi connectivity index (χ4v) is 3.20. The second-order valence-electron chi connectivity index (χ2n) is 5.98. The number of benzene rings is 1. The number of pyridine rings is 1. The van der Waals surface area contributed by atoms with Gasteiger partial charge in [0.2, 0.25) is 0 Å². The molecule has 1 saturated heterocycles. The summed E-state index contributed by atoms with van der Waals surface area (Å²) in [5.74, 6) is 0.636. The minimum atomic E-state index is 0.298. The number of rotatable bonds is 3. The summed E-state index contributed by atoms with van der Waals surface area (Å²) in [5.41, 5.74) is 8.54. The fourth-order valence-electron chi connectivity index (χ4n) is 3.20. The van der Waals surface area contributed by atoms with Crippen molar-refractivity contribution in [3.8, 4) is 0 Å². The molecule has 0 bridgehead atoms. The average Bonchev–Trinajstić information content (AvgIpc) is 2.48. The predicted octanol–water partition coefficient (Wildman–Crippen LogP) is 2.79. The number of piperidine rings is 1. The topological polar surface area (TPSA) is 42.1 Å². The van der Waals surface area contributed by atoms with E-state index in [-0.39, 0.29) is 0 Å². The zero-order chi connectivity index (χ0) is 13.9. The summed E-state index contributed by atoms with van der Waals surface area (Å²) in [7, 11) is 0. The van der Waals surface area contributed by atoms with Crippen LogP contribution in [0.1, 0.15) is 25.3 Å². The molecule has 0 radical (unpaired) electrons. The highest BCUT2D eigenvalue weighted by Crippen LogP contribution is 2.23. The van der Waals surface area contributed by atoms with Crippen molar-refractivity contribution >= 4 is 10.9 Å². The average molecular weight is 269 g/mol. The molecule has 1 fully saturated rings. The molecule has 1 aromatic heterocycles. The molecule has 0 aliphatic carbocycles. The second-order valence-corrected chi connectivity index (χ2v) is 5.98. The van der Waals surface area contributed by atoms with Gasteiger partial charge in [-0.2, -0.15) is 0 Å². The summed E-state index contributed by atoms with van der Waals surface area (Å²) in [6.45, 7) is 5.44. The van der Waals surface area contributed by atoms with Gasteiger partial charge in [-0.1, -0.05) is 18.2 Å². The summed E-state index contributed by atoms with van der Waals surface area (Å²) in [4.78, 5) is 6.98. The number of nitrogens with two attached hydrogens (primary N) is 1. The molecule has 0 spiro atoms. The van der Waals surface area contributed by atoms with Crippen LogP contribution in [-0.4, -0.2) is 29.0 Å². The SMILES string of the molecule is CC(N)C1CCCN(Cc2ccnc3ccccc23)C1. The van der Waals surface area contributed by atoms with Gasteiger partial charge < -0.3 is 5.73 Å². The minimum Gasteiger partial charge on any atom is -0.328 e. The van der Waals surface area contributed by atoms with Gasteiger partial charge in [-0.3, -0.25) is 9.88 Å². The van der Waals surface area contributed by atoms with Crippen molar-refractivity contribution in [1.29, 1.82) is 0 Å². The number of hydrogen-bond acceptors (Lipinski definition) is 3. The van der Waals surface area contributed by atoms with E-state index in [1.54, 1.807) is 0 Å². The Kier molecular flexibility index (Phi) is 3.99. The van der Waals surface area contributed by atoms with Gasteiger partial charge >= 0.3 is 0 Å². The molecule has 2 aromatic rings. The minimum absolute atomic E-state index is 0.298. The third-order valence-corrected chi connectivity index (χ3v) is 4.42. The Morgan fingerprint density at radius 1 is 1.35 bits per heavy atom. The largest absolute Gasteiger partial charge is 0.328 e. The fraction of sp³-hybridized carbons (Fsp3) is 0.471. The van der Waals surface area contributed by atoms with E-state index in [2.05, 4.69) is 41.1 Å². The van der Waals surface area contributed by atoms with E-state index in [0.29, 0.717) is 12.0 Å². The molecule has 2 heterocycles. The van der Waals surface area contributed by atoms with Gasteiger partial charge in [0.1, 0.15) is 0 Å². The highest BCUT2D eigenvalue weighted by atomic mass is 15.1. The van der Waals surface area contributed by atoms with Gasteiger partial charge in [0.25, 0.3) is 0 Å². The lowest BCUT2D eigenvalue weighted by atomic mass is 9.92. The number of hydrogen-bond donors (Lipinski definition) is 1. The van der Waals surface area contributed by atoms with E-state index in [4.69, 9.17) is 5.73 Å². The zero-order valence-electron chi connectivity index (χ0n) is 12.1. The van der Waals surface area contributed by atoms with E-state index < -0.39 is 0 Å². The highest BCUT2D eigenvalue weighted by molar-refractivity contribution is 5.81. The molecule has 3 rings (SSSR count). The molecular formula is C17H23N3. The van der Waals surface area contributed by atoms with Gasteiger partial charge in [0.15, 0.2) is 0 Å². The van der Waals surface area contributed by atoms with Crippen molar-refractivity contribution in [1.82, 2.24) is 9.88 Å². The Hall–Kier alpha value is -1.45. The summed E-state index contributed by atoms with van der Waals surface area (Å²) in [5, 5.41) is 1.28. The van der Waals surface area contributed by atoms with Crippen LogP contribution in [0.15, 0.2) is 36.5 Å². The molecule has 1 aliphatic rings. The Morgan fingerprint density at radius 2 is 2.20 bits per heavy atom. The molecule has 1 aromatic carbocycles. The molecule has 3 heteroatoms. The standard InChI is InChI=1S/C17H23N3/c1-13(18)14-5-4-10-20(11-14)12-15-8-9-19-17-7-3-2-6-16(15)17/h2-3,6-9,13-14H,4-5,10-12,18H2,1H3. The van der Waals surface area contributed by atoms with Crippen molar-refractivity contribution in [2.45, 2.75) is 32.4 Å². The molecular weight excluding hydrogens is 246 g/mol. The Balaban J connectivity index is 1.79. The monoisotopic (exact) mass is 269 g/mol. The normalized spacial score (nSPS) is 22.0. The van der Waals surface area contributed by atoms with E-state index in [9.17, 15) is 0 Å². The Morgan fingerprint density at radius 3 is 3.05 bits per heavy atom. The number of fused-ring (bicyclic) bond motifs is 1. The van der Waals surface area contributed by atoms with Crippen LogP contribution in [-0.2, 0) is 6.54 Å². The van der Waals surface area contributed by atoms with Crippen LogP contribution in [0.2, 0.25) is 0 Å². The zero-order valence-corrected chi connectivity index (χ0v) is 12.1. The molecule has 2 unspecified atom stereocenters. The molecule has 2 N–H and O–H groups in total. The third kappa shape index (κ3) is 2.84. The first-order chi connectivity index (χ1) is 9.74. The number of aromatic nitrogens is 1. The summed E-state index contributed by atoms with van der Waals surface area (Å²) >= 11 is 0. The van der Waals surface area contributed by atoms with Gasteiger partial charge in [-0.25, -0.2) is 0 Å². The molecule has 0 saturated carbocycles. The van der Waals surface area contributed by atoms with E-state index in [1.165, 1.54) is 30.3 Å². The quantitative estimate of drug-likeness (QED) is 0.931. The van der Waals surface area contributed by atoms with Crippen molar-refractivity contribution in [2.75, 3.05) is 13.1 Å². The van der Waals surface area contributed by atoms with Crippen LogP contribution in [0.25, 0.3) is 10.9 Å². The van der Waals surface area contributed by atoms with E-state index in [1.807, 2.05) is 12.3 Å². The van der Waals surface area contributed by atoms with E-state index >= 15 is 0 Å². The van der Waals surface area contributed by atoms with Gasteiger partial charge in [0.05, 0.1) is 5.52 Å². The molecule has 0 amide bonds. The first-order valence-corrected chi connectivity index (χ1v) is 7.54. The van der Waals surface area contributed by atoms with Crippen LogP contribution in [0.3, 0.4) is 0 Å². The molecule has 1 aliphatic heterocycles. The molecule has 20 heavy (non-hydrogen) atoms. The summed E-state index contributed by atoms with van der Waals surface area (Å²) < 4.78 is 0. The lowest BCUT2D eigenvalue weighted by Crippen LogP contribution is -2.41. The van der Waals surface area contributed by atoms with Crippen LogP contribution < -0.4 is 5.73 Å². The third-order valence-electron chi connectivity index (χ3n) is 4.42. The van der Waals surface area contributed by atoms with Crippen molar-refractivity contribution < 1.29 is 0 Å². The van der Waals surface area contributed by atoms with Crippen LogP contribution >= 0.6 is 0 Å². The Bertz CT molecular complexity index is 574. The second kappa shape index (κ2) is 5.90. The van der Waals surface area contributed by atoms with Gasteiger partial charge in [0, 0.05) is 30.7 Å². The van der Waals surface area contributed by atoms with Crippen LogP contribution in [0.4, 0.5) is 0 Å². The Labute approximate surface area is 120 Å². The number of nitrogens with zero attached hydrogens (tertiary/aromatic N) is 2. The van der Waals surface area contributed by atoms with E-state index in [0.717, 1.165) is 18.6 Å². The molecule has 2 atom stereocenters.